The van der Waals surface area contributed by atoms with Gasteiger partial charge in [-0.3, -0.25) is 4.79 Å². The van der Waals surface area contributed by atoms with E-state index in [1.54, 1.807) is 30.1 Å². The Kier molecular flexibility index (Phi) is 5.48. The van der Waals surface area contributed by atoms with E-state index in [2.05, 4.69) is 0 Å². The van der Waals surface area contributed by atoms with Crippen molar-refractivity contribution < 1.29 is 9.18 Å². The zero-order valence-electron chi connectivity index (χ0n) is 12.1. The van der Waals surface area contributed by atoms with Crippen LogP contribution in [-0.2, 0) is 4.79 Å². The van der Waals surface area contributed by atoms with Crippen LogP contribution in [0.4, 0.5) is 4.39 Å². The van der Waals surface area contributed by atoms with Gasteiger partial charge in [0.05, 0.1) is 12.0 Å². The summed E-state index contributed by atoms with van der Waals surface area (Å²) in [5, 5.41) is 0. The lowest BCUT2D eigenvalue weighted by molar-refractivity contribution is -0.137. The number of carbonyl (C=O) groups is 1. The van der Waals surface area contributed by atoms with E-state index in [-0.39, 0.29) is 29.6 Å². The van der Waals surface area contributed by atoms with Crippen LogP contribution in [0.25, 0.3) is 0 Å². The fourth-order valence-electron chi connectivity index (χ4n) is 2.13. The van der Waals surface area contributed by atoms with Crippen LogP contribution in [0.1, 0.15) is 32.4 Å². The second-order valence-electron chi connectivity index (χ2n) is 5.23. The van der Waals surface area contributed by atoms with Gasteiger partial charge in [0.25, 0.3) is 0 Å². The maximum atomic E-state index is 13.7. The van der Waals surface area contributed by atoms with Gasteiger partial charge >= 0.3 is 0 Å². The minimum Gasteiger partial charge on any atom is -0.339 e. The predicted octanol–water partition coefficient (Wildman–Crippen LogP) is 2.58. The van der Waals surface area contributed by atoms with Crippen LogP contribution in [0.3, 0.4) is 0 Å². The van der Waals surface area contributed by atoms with E-state index in [0.29, 0.717) is 12.1 Å². The molecular weight excluding hydrogens is 243 g/mol. The van der Waals surface area contributed by atoms with Gasteiger partial charge < -0.3 is 10.6 Å². The second-order valence-corrected chi connectivity index (χ2v) is 5.23. The van der Waals surface area contributed by atoms with Crippen molar-refractivity contribution in [2.75, 3.05) is 13.6 Å². The molecule has 0 aliphatic rings. The molecule has 0 heterocycles. The number of nitrogens with two attached hydrogens (primary N) is 1. The van der Waals surface area contributed by atoms with E-state index in [0.717, 1.165) is 0 Å². The van der Waals surface area contributed by atoms with Crippen molar-refractivity contribution in [3.63, 3.8) is 0 Å². The number of carbonyl (C=O) groups excluding carboxylic acids is 1. The fourth-order valence-corrected chi connectivity index (χ4v) is 2.13. The number of nitrogens with zero attached hydrogens (tertiary/aromatic N) is 1. The average Bonchev–Trinajstić information content (AvgIpc) is 2.37. The van der Waals surface area contributed by atoms with E-state index >= 15 is 0 Å². The van der Waals surface area contributed by atoms with Crippen molar-refractivity contribution >= 4 is 5.91 Å². The summed E-state index contributed by atoms with van der Waals surface area (Å²) in [6, 6.07) is 6.23. The van der Waals surface area contributed by atoms with Gasteiger partial charge in [-0.05, 0) is 18.9 Å². The topological polar surface area (TPSA) is 46.3 Å². The number of halogens is 1. The van der Waals surface area contributed by atoms with Crippen LogP contribution in [0.5, 0.6) is 0 Å². The Labute approximate surface area is 114 Å². The maximum absolute atomic E-state index is 13.7. The molecule has 0 aliphatic carbocycles. The lowest BCUT2D eigenvalue weighted by Gasteiger charge is -2.30. The predicted molar refractivity (Wildman–Crippen MR) is 75.0 cm³/mol. The van der Waals surface area contributed by atoms with Crippen LogP contribution in [-0.4, -0.2) is 24.4 Å². The molecule has 1 amide bonds. The van der Waals surface area contributed by atoms with Gasteiger partial charge in [-0.1, -0.05) is 32.0 Å². The minimum absolute atomic E-state index is 0.0340. The smallest absolute Gasteiger partial charge is 0.227 e. The van der Waals surface area contributed by atoms with Crippen molar-refractivity contribution in [1.82, 2.24) is 4.90 Å². The molecule has 0 radical (unpaired) electrons. The first-order valence-electron chi connectivity index (χ1n) is 6.61. The molecule has 4 heteroatoms. The monoisotopic (exact) mass is 266 g/mol. The van der Waals surface area contributed by atoms with Crippen LogP contribution in [0.2, 0.25) is 0 Å². The Morgan fingerprint density at radius 1 is 1.32 bits per heavy atom. The van der Waals surface area contributed by atoms with E-state index < -0.39 is 0 Å². The molecule has 0 saturated heterocycles. The summed E-state index contributed by atoms with van der Waals surface area (Å²) >= 11 is 0. The standard InChI is InChI=1S/C15H23FN2O/c1-10(2)13(9-17)15(19)18(4)11(3)12-7-5-6-8-14(12)16/h5-8,10-11,13H,9,17H2,1-4H3. The Morgan fingerprint density at radius 2 is 1.89 bits per heavy atom. The average molecular weight is 266 g/mol. The van der Waals surface area contributed by atoms with Crippen molar-refractivity contribution in [3.8, 4) is 0 Å². The summed E-state index contributed by atoms with van der Waals surface area (Å²) in [4.78, 5) is 13.9. The number of hydrogen-bond donors (Lipinski definition) is 1. The summed E-state index contributed by atoms with van der Waals surface area (Å²) in [7, 11) is 1.70. The molecule has 19 heavy (non-hydrogen) atoms. The van der Waals surface area contributed by atoms with Gasteiger partial charge in [-0.15, -0.1) is 0 Å². The molecule has 2 atom stereocenters. The van der Waals surface area contributed by atoms with Gasteiger partial charge in [0.2, 0.25) is 5.91 Å². The number of hydrogen-bond acceptors (Lipinski definition) is 2. The molecule has 1 aromatic rings. The summed E-state index contributed by atoms with van der Waals surface area (Å²) < 4.78 is 13.7. The molecule has 1 aromatic carbocycles. The summed E-state index contributed by atoms with van der Waals surface area (Å²) in [5.41, 5.74) is 6.19. The second kappa shape index (κ2) is 6.66. The van der Waals surface area contributed by atoms with E-state index in [1.807, 2.05) is 20.8 Å². The van der Waals surface area contributed by atoms with Crippen molar-refractivity contribution in [1.29, 1.82) is 0 Å². The van der Waals surface area contributed by atoms with E-state index in [4.69, 9.17) is 5.73 Å². The normalized spacial score (nSPS) is 14.3. The van der Waals surface area contributed by atoms with E-state index in [9.17, 15) is 9.18 Å². The first-order chi connectivity index (χ1) is 8.90. The summed E-state index contributed by atoms with van der Waals surface area (Å²) in [6.45, 7) is 6.07. The lowest BCUT2D eigenvalue weighted by Crippen LogP contribution is -2.40. The number of benzene rings is 1. The molecule has 0 fully saturated rings. The van der Waals surface area contributed by atoms with Crippen LogP contribution >= 0.6 is 0 Å². The van der Waals surface area contributed by atoms with Crippen LogP contribution in [0.15, 0.2) is 24.3 Å². The lowest BCUT2D eigenvalue weighted by atomic mass is 9.93. The van der Waals surface area contributed by atoms with Crippen molar-refractivity contribution in [3.05, 3.63) is 35.6 Å². The van der Waals surface area contributed by atoms with Crippen LogP contribution in [0, 0.1) is 17.7 Å². The van der Waals surface area contributed by atoms with Crippen LogP contribution < -0.4 is 5.73 Å². The SMILES string of the molecule is CC(C)C(CN)C(=O)N(C)C(C)c1ccccc1F. The Bertz CT molecular complexity index is 434. The Hall–Kier alpha value is -1.42. The summed E-state index contributed by atoms with van der Waals surface area (Å²) in [5.74, 6) is -0.372. The molecule has 3 nitrogen and oxygen atoms in total. The Balaban J connectivity index is 2.91. The fraction of sp³-hybridized carbons (Fsp3) is 0.533. The molecular formula is C15H23FN2O. The third kappa shape index (κ3) is 3.53. The van der Waals surface area contributed by atoms with Gasteiger partial charge in [-0.25, -0.2) is 4.39 Å². The first-order valence-corrected chi connectivity index (χ1v) is 6.61. The molecule has 1 rings (SSSR count). The molecule has 0 spiro atoms. The van der Waals surface area contributed by atoms with Gasteiger partial charge in [-0.2, -0.15) is 0 Å². The maximum Gasteiger partial charge on any atom is 0.227 e. The minimum atomic E-state index is -0.304. The molecule has 0 aromatic heterocycles. The van der Waals surface area contributed by atoms with Crippen molar-refractivity contribution in [2.24, 2.45) is 17.6 Å². The molecule has 0 aliphatic heterocycles. The zero-order chi connectivity index (χ0) is 14.6. The quantitative estimate of drug-likeness (QED) is 0.890. The summed E-state index contributed by atoms with van der Waals surface area (Å²) in [6.07, 6.45) is 0. The first kappa shape index (κ1) is 15.6. The molecule has 2 unspecified atom stereocenters. The number of amides is 1. The highest BCUT2D eigenvalue weighted by Gasteiger charge is 2.27. The highest BCUT2D eigenvalue weighted by atomic mass is 19.1. The zero-order valence-corrected chi connectivity index (χ0v) is 12.1. The van der Waals surface area contributed by atoms with Crippen molar-refractivity contribution in [2.45, 2.75) is 26.8 Å². The molecule has 0 bridgehead atoms. The van der Waals surface area contributed by atoms with Gasteiger partial charge in [0.15, 0.2) is 0 Å². The number of rotatable bonds is 5. The van der Waals surface area contributed by atoms with E-state index in [1.165, 1.54) is 6.07 Å². The highest BCUT2D eigenvalue weighted by Crippen LogP contribution is 2.24. The molecule has 106 valence electrons. The van der Waals surface area contributed by atoms with Gasteiger partial charge in [0, 0.05) is 19.2 Å². The third-order valence-corrected chi connectivity index (χ3v) is 3.66. The largest absolute Gasteiger partial charge is 0.339 e. The van der Waals surface area contributed by atoms with Gasteiger partial charge in [0.1, 0.15) is 5.82 Å². The molecule has 0 saturated carbocycles. The highest BCUT2D eigenvalue weighted by molar-refractivity contribution is 5.79. The Morgan fingerprint density at radius 3 is 2.37 bits per heavy atom. The third-order valence-electron chi connectivity index (χ3n) is 3.66. The molecule has 2 N–H and O–H groups in total.